The average molecular weight is 277 g/mol. The maximum atomic E-state index is 13.0. The molecule has 0 bridgehead atoms. The Morgan fingerprint density at radius 1 is 1.10 bits per heavy atom. The van der Waals surface area contributed by atoms with Crippen molar-refractivity contribution in [2.75, 3.05) is 6.54 Å². The molecule has 0 aliphatic carbocycles. The largest absolute Gasteiger partial charge is 0.508 e. The van der Waals surface area contributed by atoms with Crippen LogP contribution in [0.15, 0.2) is 42.5 Å². The monoisotopic (exact) mass is 277 g/mol. The first-order valence-corrected chi connectivity index (χ1v) is 6.52. The minimum absolute atomic E-state index is 0.0560. The summed E-state index contributed by atoms with van der Waals surface area (Å²) in [5.74, 6) is -0.884. The van der Waals surface area contributed by atoms with Crippen molar-refractivity contribution in [3.8, 4) is 5.75 Å². The Kier molecular flexibility index (Phi) is 4.69. The molecule has 2 aromatic rings. The molecule has 1 atom stereocenters. The van der Waals surface area contributed by atoms with Gasteiger partial charge in [0.25, 0.3) is 0 Å². The molecular formula is C16H17F2NO. The van der Waals surface area contributed by atoms with Crippen molar-refractivity contribution in [2.24, 2.45) is 0 Å². The van der Waals surface area contributed by atoms with Gasteiger partial charge >= 0.3 is 0 Å². The average Bonchev–Trinajstić information content (AvgIpc) is 2.37. The maximum absolute atomic E-state index is 13.0. The minimum Gasteiger partial charge on any atom is -0.508 e. The van der Waals surface area contributed by atoms with Gasteiger partial charge in [-0.1, -0.05) is 12.1 Å². The number of phenols is 1. The van der Waals surface area contributed by atoms with Crippen LogP contribution in [0.3, 0.4) is 0 Å². The highest BCUT2D eigenvalue weighted by Crippen LogP contribution is 2.17. The summed E-state index contributed by atoms with van der Waals surface area (Å²) in [5, 5.41) is 12.7. The normalized spacial score (nSPS) is 12.3. The van der Waals surface area contributed by atoms with Crippen molar-refractivity contribution in [1.82, 2.24) is 5.32 Å². The van der Waals surface area contributed by atoms with Gasteiger partial charge in [-0.05, 0) is 55.3 Å². The fourth-order valence-corrected chi connectivity index (χ4v) is 2.10. The van der Waals surface area contributed by atoms with E-state index in [0.29, 0.717) is 18.5 Å². The maximum Gasteiger partial charge on any atom is 0.126 e. The smallest absolute Gasteiger partial charge is 0.126 e. The number of benzene rings is 2. The van der Waals surface area contributed by atoms with Gasteiger partial charge in [0.05, 0.1) is 0 Å². The van der Waals surface area contributed by atoms with E-state index in [-0.39, 0.29) is 11.8 Å². The molecule has 0 spiro atoms. The van der Waals surface area contributed by atoms with E-state index in [2.05, 4.69) is 5.32 Å². The Labute approximate surface area is 117 Å². The highest BCUT2D eigenvalue weighted by Gasteiger charge is 2.06. The third-order valence-corrected chi connectivity index (χ3v) is 3.16. The molecule has 0 fully saturated rings. The Balaban J connectivity index is 1.89. The van der Waals surface area contributed by atoms with Gasteiger partial charge in [-0.3, -0.25) is 0 Å². The second-order valence-electron chi connectivity index (χ2n) is 4.80. The standard InChI is InChI=1S/C16H17F2NO/c1-11(13-3-2-4-16(20)9-13)19-6-5-12-7-14(17)10-15(18)8-12/h2-4,7-11,19-20H,5-6H2,1H3. The van der Waals surface area contributed by atoms with Gasteiger partial charge in [-0.25, -0.2) is 8.78 Å². The molecule has 0 saturated heterocycles. The molecular weight excluding hydrogens is 260 g/mol. The van der Waals surface area contributed by atoms with E-state index in [4.69, 9.17) is 0 Å². The van der Waals surface area contributed by atoms with Crippen LogP contribution in [0.25, 0.3) is 0 Å². The van der Waals surface area contributed by atoms with Crippen LogP contribution in [0, 0.1) is 11.6 Å². The molecule has 20 heavy (non-hydrogen) atoms. The summed E-state index contributed by atoms with van der Waals surface area (Å²) in [6.45, 7) is 2.57. The van der Waals surface area contributed by atoms with Crippen molar-refractivity contribution >= 4 is 0 Å². The van der Waals surface area contributed by atoms with E-state index in [1.807, 2.05) is 13.0 Å². The molecule has 0 aromatic heterocycles. The van der Waals surface area contributed by atoms with E-state index in [1.165, 1.54) is 12.1 Å². The molecule has 2 rings (SSSR count). The third-order valence-electron chi connectivity index (χ3n) is 3.16. The molecule has 0 aliphatic heterocycles. The lowest BCUT2D eigenvalue weighted by Gasteiger charge is -2.14. The van der Waals surface area contributed by atoms with Gasteiger partial charge in [0.15, 0.2) is 0 Å². The molecule has 0 saturated carbocycles. The Hall–Kier alpha value is -1.94. The lowest BCUT2D eigenvalue weighted by molar-refractivity contribution is 0.472. The summed E-state index contributed by atoms with van der Waals surface area (Å²) >= 11 is 0. The Morgan fingerprint density at radius 3 is 2.45 bits per heavy atom. The van der Waals surface area contributed by atoms with Crippen LogP contribution in [0.1, 0.15) is 24.1 Å². The van der Waals surface area contributed by atoms with Gasteiger partial charge in [0, 0.05) is 12.1 Å². The summed E-state index contributed by atoms with van der Waals surface area (Å²) in [6.07, 6.45) is 0.540. The van der Waals surface area contributed by atoms with E-state index < -0.39 is 11.6 Å². The number of aromatic hydroxyl groups is 1. The Morgan fingerprint density at radius 2 is 1.80 bits per heavy atom. The highest BCUT2D eigenvalue weighted by molar-refractivity contribution is 5.29. The van der Waals surface area contributed by atoms with Crippen molar-refractivity contribution in [3.63, 3.8) is 0 Å². The van der Waals surface area contributed by atoms with Crippen LogP contribution in [0.5, 0.6) is 5.75 Å². The zero-order valence-electron chi connectivity index (χ0n) is 11.2. The summed E-state index contributed by atoms with van der Waals surface area (Å²) in [5.41, 5.74) is 1.59. The van der Waals surface area contributed by atoms with Gasteiger partial charge in [0.1, 0.15) is 17.4 Å². The number of halogens is 2. The van der Waals surface area contributed by atoms with E-state index in [0.717, 1.165) is 11.6 Å². The molecule has 0 heterocycles. The summed E-state index contributed by atoms with van der Waals surface area (Å²) in [4.78, 5) is 0. The van der Waals surface area contributed by atoms with Crippen LogP contribution >= 0.6 is 0 Å². The first-order valence-electron chi connectivity index (χ1n) is 6.52. The molecule has 0 radical (unpaired) electrons. The molecule has 2 aromatic carbocycles. The van der Waals surface area contributed by atoms with E-state index >= 15 is 0 Å². The molecule has 4 heteroatoms. The van der Waals surface area contributed by atoms with Crippen LogP contribution in [-0.4, -0.2) is 11.7 Å². The van der Waals surface area contributed by atoms with Crippen molar-refractivity contribution in [2.45, 2.75) is 19.4 Å². The molecule has 2 N–H and O–H groups in total. The number of nitrogens with one attached hydrogen (secondary N) is 1. The van der Waals surface area contributed by atoms with Gasteiger partial charge in [0.2, 0.25) is 0 Å². The second-order valence-corrected chi connectivity index (χ2v) is 4.80. The SMILES string of the molecule is CC(NCCc1cc(F)cc(F)c1)c1cccc(O)c1. The fraction of sp³-hybridized carbons (Fsp3) is 0.250. The van der Waals surface area contributed by atoms with Gasteiger partial charge < -0.3 is 10.4 Å². The molecule has 2 nitrogen and oxygen atoms in total. The lowest BCUT2D eigenvalue weighted by atomic mass is 10.1. The van der Waals surface area contributed by atoms with Crippen molar-refractivity contribution < 1.29 is 13.9 Å². The minimum atomic E-state index is -0.555. The number of hydrogen-bond acceptors (Lipinski definition) is 2. The number of rotatable bonds is 5. The predicted molar refractivity (Wildman–Crippen MR) is 74.6 cm³/mol. The van der Waals surface area contributed by atoms with Crippen molar-refractivity contribution in [1.29, 1.82) is 0 Å². The predicted octanol–water partition coefficient (Wildman–Crippen LogP) is 3.56. The number of hydrogen-bond donors (Lipinski definition) is 2. The third kappa shape index (κ3) is 4.03. The zero-order chi connectivity index (χ0) is 14.5. The van der Waals surface area contributed by atoms with E-state index in [1.54, 1.807) is 18.2 Å². The quantitative estimate of drug-likeness (QED) is 0.875. The topological polar surface area (TPSA) is 32.3 Å². The summed E-state index contributed by atoms with van der Waals surface area (Å²) in [7, 11) is 0. The zero-order valence-corrected chi connectivity index (χ0v) is 11.2. The van der Waals surface area contributed by atoms with Crippen LogP contribution in [-0.2, 0) is 6.42 Å². The molecule has 106 valence electrons. The molecule has 1 unspecified atom stereocenters. The first-order chi connectivity index (χ1) is 9.54. The molecule has 0 amide bonds. The van der Waals surface area contributed by atoms with E-state index in [9.17, 15) is 13.9 Å². The van der Waals surface area contributed by atoms with Crippen LogP contribution in [0.2, 0.25) is 0 Å². The van der Waals surface area contributed by atoms with Crippen LogP contribution in [0.4, 0.5) is 8.78 Å². The van der Waals surface area contributed by atoms with Gasteiger partial charge in [-0.15, -0.1) is 0 Å². The van der Waals surface area contributed by atoms with Crippen molar-refractivity contribution in [3.05, 3.63) is 65.2 Å². The summed E-state index contributed by atoms with van der Waals surface area (Å²) in [6, 6.07) is 10.6. The Bertz CT molecular complexity index is 566. The summed E-state index contributed by atoms with van der Waals surface area (Å²) < 4.78 is 26.1. The fourth-order valence-electron chi connectivity index (χ4n) is 2.10. The van der Waals surface area contributed by atoms with Crippen LogP contribution < -0.4 is 5.32 Å². The lowest BCUT2D eigenvalue weighted by Crippen LogP contribution is -2.21. The highest BCUT2D eigenvalue weighted by atomic mass is 19.1. The number of phenolic OH excluding ortho intramolecular Hbond substituents is 1. The second kappa shape index (κ2) is 6.48. The van der Waals surface area contributed by atoms with Gasteiger partial charge in [-0.2, -0.15) is 0 Å². The molecule has 0 aliphatic rings. The first kappa shape index (κ1) is 14.5.